The predicted octanol–water partition coefficient (Wildman–Crippen LogP) is 1.06. The quantitative estimate of drug-likeness (QED) is 0.586. The van der Waals surface area contributed by atoms with Gasteiger partial charge in [0.25, 0.3) is 0 Å². The third-order valence-electron chi connectivity index (χ3n) is 2.22. The third-order valence-corrected chi connectivity index (χ3v) is 2.22. The zero-order valence-electron chi connectivity index (χ0n) is 8.12. The van der Waals surface area contributed by atoms with Crippen molar-refractivity contribution in [1.82, 2.24) is 24.8 Å². The van der Waals surface area contributed by atoms with Crippen LogP contribution in [0.3, 0.4) is 0 Å². The summed E-state index contributed by atoms with van der Waals surface area (Å²) in [6.45, 7) is 1.87. The van der Waals surface area contributed by atoms with E-state index >= 15 is 0 Å². The summed E-state index contributed by atoms with van der Waals surface area (Å²) >= 11 is 0. The van der Waals surface area contributed by atoms with Crippen molar-refractivity contribution in [2.45, 2.75) is 6.92 Å². The third kappa shape index (κ3) is 1.20. The number of aryl methyl sites for hydroxylation is 1. The first-order chi connectivity index (χ1) is 7.34. The van der Waals surface area contributed by atoms with Gasteiger partial charge in [0.1, 0.15) is 0 Å². The average Bonchev–Trinajstić information content (AvgIpc) is 2.83. The molecule has 0 aliphatic rings. The molecule has 0 unspecified atom stereocenters. The molecule has 0 fully saturated rings. The number of pyridine rings is 1. The van der Waals surface area contributed by atoms with Crippen LogP contribution in [0.25, 0.3) is 17.0 Å². The summed E-state index contributed by atoms with van der Waals surface area (Å²) in [6, 6.07) is 7.61. The van der Waals surface area contributed by atoms with E-state index in [1.165, 1.54) is 0 Å². The highest BCUT2D eigenvalue weighted by molar-refractivity contribution is 5.59. The van der Waals surface area contributed by atoms with Crippen LogP contribution in [0.5, 0.6) is 0 Å². The molecular weight excluding hydrogens is 190 g/mol. The van der Waals surface area contributed by atoms with Crippen LogP contribution in [0.2, 0.25) is 0 Å². The van der Waals surface area contributed by atoms with Crippen molar-refractivity contribution >= 4 is 5.65 Å². The Morgan fingerprint density at radius 2 is 2.20 bits per heavy atom. The fourth-order valence-corrected chi connectivity index (χ4v) is 1.49. The van der Waals surface area contributed by atoms with Crippen LogP contribution >= 0.6 is 0 Å². The fourth-order valence-electron chi connectivity index (χ4n) is 1.49. The molecule has 0 aliphatic heterocycles. The first-order valence-corrected chi connectivity index (χ1v) is 4.62. The van der Waals surface area contributed by atoms with E-state index < -0.39 is 0 Å². The molecule has 15 heavy (non-hydrogen) atoms. The molecule has 0 atom stereocenters. The first kappa shape index (κ1) is 8.16. The highest BCUT2D eigenvalue weighted by Gasteiger charge is 2.01. The molecule has 5 heteroatoms. The normalized spacial score (nSPS) is 11.0. The van der Waals surface area contributed by atoms with E-state index in [9.17, 15) is 0 Å². The molecular formula is C10H8N5-. The van der Waals surface area contributed by atoms with Crippen molar-refractivity contribution in [3.8, 4) is 11.4 Å². The van der Waals surface area contributed by atoms with Gasteiger partial charge in [-0.1, -0.05) is 6.07 Å². The first-order valence-electron chi connectivity index (χ1n) is 4.62. The minimum Gasteiger partial charge on any atom is -0.352 e. The maximum atomic E-state index is 4.37. The molecule has 0 spiro atoms. The van der Waals surface area contributed by atoms with Gasteiger partial charge in [0.2, 0.25) is 0 Å². The lowest BCUT2D eigenvalue weighted by atomic mass is 10.3. The van der Waals surface area contributed by atoms with Crippen LogP contribution in [0, 0.1) is 6.92 Å². The van der Waals surface area contributed by atoms with Crippen molar-refractivity contribution in [3.05, 3.63) is 36.3 Å². The topological polar surface area (TPSA) is 57.2 Å². The van der Waals surface area contributed by atoms with Crippen molar-refractivity contribution in [2.75, 3.05) is 0 Å². The monoisotopic (exact) mass is 198 g/mol. The molecule has 0 aliphatic carbocycles. The van der Waals surface area contributed by atoms with Crippen molar-refractivity contribution in [3.63, 3.8) is 0 Å². The number of rotatable bonds is 1. The maximum Gasteiger partial charge on any atom is 0.0885 e. The van der Waals surface area contributed by atoms with Gasteiger partial charge in [-0.25, -0.2) is 0 Å². The standard InChI is InChI=1S/C10H8N5/c1-7-12-13-10-6-9(14-15(7)10)8-4-2-3-5-11-8/h2-6H,1H3/q-1. The van der Waals surface area contributed by atoms with Crippen LogP contribution in [-0.4, -0.2) is 19.7 Å². The Morgan fingerprint density at radius 1 is 1.27 bits per heavy atom. The van der Waals surface area contributed by atoms with Gasteiger partial charge in [-0.15, -0.1) is 0 Å². The number of aromatic nitrogens is 5. The van der Waals surface area contributed by atoms with Gasteiger partial charge in [-0.3, -0.25) is 15.2 Å². The van der Waals surface area contributed by atoms with E-state index in [0.717, 1.165) is 22.9 Å². The number of fused-ring (bicyclic) bond motifs is 1. The molecule has 0 saturated heterocycles. The van der Waals surface area contributed by atoms with Gasteiger partial charge in [-0.2, -0.15) is 0 Å². The lowest BCUT2D eigenvalue weighted by Crippen LogP contribution is -1.89. The second kappa shape index (κ2) is 2.91. The van der Waals surface area contributed by atoms with Crippen LogP contribution in [-0.2, 0) is 0 Å². The predicted molar refractivity (Wildman–Crippen MR) is 54.3 cm³/mol. The summed E-state index contributed by atoms with van der Waals surface area (Å²) in [5, 5.41) is 12.3. The highest BCUT2D eigenvalue weighted by atomic mass is 15.4. The molecule has 5 nitrogen and oxygen atoms in total. The summed E-state index contributed by atoms with van der Waals surface area (Å²) in [5.74, 6) is 0.784. The van der Waals surface area contributed by atoms with Crippen LogP contribution in [0.1, 0.15) is 5.82 Å². The maximum absolute atomic E-state index is 4.37. The number of hydrogen-bond acceptors (Lipinski definition) is 3. The minimum atomic E-state index is 0.758. The molecule has 0 saturated carbocycles. The second-order valence-corrected chi connectivity index (χ2v) is 3.26. The molecule has 0 amide bonds. The van der Waals surface area contributed by atoms with Crippen molar-refractivity contribution < 1.29 is 0 Å². The Bertz CT molecular complexity index is 593. The molecule has 0 N–H and O–H groups in total. The smallest absolute Gasteiger partial charge is 0.0885 e. The summed E-state index contributed by atoms with van der Waals surface area (Å²) in [7, 11) is 0. The van der Waals surface area contributed by atoms with Gasteiger partial charge in [0.15, 0.2) is 0 Å². The number of hydrogen-bond donors (Lipinski definition) is 0. The SMILES string of the molecule is Cc1n[n-]c2cc(-c3ccccn3)nn12. The highest BCUT2D eigenvalue weighted by Crippen LogP contribution is 2.15. The van der Waals surface area contributed by atoms with Crippen molar-refractivity contribution in [2.24, 2.45) is 0 Å². The van der Waals surface area contributed by atoms with E-state index in [0.29, 0.717) is 0 Å². The molecule has 0 radical (unpaired) electrons. The Morgan fingerprint density at radius 3 is 2.93 bits per heavy atom. The molecule has 3 aromatic heterocycles. The van der Waals surface area contributed by atoms with Crippen LogP contribution in [0.15, 0.2) is 30.5 Å². The summed E-state index contributed by atoms with van der Waals surface area (Å²) in [4.78, 5) is 4.23. The lowest BCUT2D eigenvalue weighted by Gasteiger charge is -1.96. The van der Waals surface area contributed by atoms with E-state index in [1.54, 1.807) is 10.7 Å². The van der Waals surface area contributed by atoms with E-state index in [1.807, 2.05) is 31.2 Å². The molecule has 3 aromatic rings. The molecule has 3 rings (SSSR count). The Hall–Kier alpha value is -2.17. The van der Waals surface area contributed by atoms with Crippen LogP contribution < -0.4 is 5.10 Å². The van der Waals surface area contributed by atoms with Gasteiger partial charge in [0, 0.05) is 12.0 Å². The molecule has 3 heterocycles. The summed E-state index contributed by atoms with van der Waals surface area (Å²) in [6.07, 6.45) is 1.75. The summed E-state index contributed by atoms with van der Waals surface area (Å²) in [5.41, 5.74) is 2.43. The van der Waals surface area contributed by atoms with Gasteiger partial charge in [-0.05, 0) is 30.8 Å². The zero-order chi connectivity index (χ0) is 10.3. The fraction of sp³-hybridized carbons (Fsp3) is 0.100. The van der Waals surface area contributed by atoms with Crippen LogP contribution in [0.4, 0.5) is 0 Å². The molecule has 0 aromatic carbocycles. The van der Waals surface area contributed by atoms with E-state index in [4.69, 9.17) is 0 Å². The van der Waals surface area contributed by atoms with Gasteiger partial charge >= 0.3 is 0 Å². The van der Waals surface area contributed by atoms with Gasteiger partial charge < -0.3 is 9.61 Å². The Labute approximate surface area is 85.8 Å². The molecule has 0 bridgehead atoms. The zero-order valence-corrected chi connectivity index (χ0v) is 8.12. The van der Waals surface area contributed by atoms with E-state index in [-0.39, 0.29) is 0 Å². The average molecular weight is 198 g/mol. The van der Waals surface area contributed by atoms with Gasteiger partial charge in [0.05, 0.1) is 11.4 Å². The lowest BCUT2D eigenvalue weighted by molar-refractivity contribution is 0.894. The number of nitrogens with zero attached hydrogens (tertiary/aromatic N) is 5. The Kier molecular flexibility index (Phi) is 1.58. The molecule has 74 valence electrons. The van der Waals surface area contributed by atoms with Crippen molar-refractivity contribution in [1.29, 1.82) is 0 Å². The minimum absolute atomic E-state index is 0.758. The summed E-state index contributed by atoms with van der Waals surface area (Å²) < 4.78 is 1.71. The second-order valence-electron chi connectivity index (χ2n) is 3.26. The Balaban J connectivity index is 2.20. The van der Waals surface area contributed by atoms with E-state index in [2.05, 4.69) is 20.3 Å². The largest absolute Gasteiger partial charge is 0.352 e.